The number of hydrogen-bond donors (Lipinski definition) is 2. The van der Waals surface area contributed by atoms with Gasteiger partial charge >= 0.3 is 0 Å². The Kier molecular flexibility index (Phi) is 6.15. The predicted molar refractivity (Wildman–Crippen MR) is 120 cm³/mol. The van der Waals surface area contributed by atoms with Gasteiger partial charge in [0.1, 0.15) is 0 Å². The van der Waals surface area contributed by atoms with E-state index in [9.17, 15) is 4.79 Å². The van der Waals surface area contributed by atoms with Crippen molar-refractivity contribution in [3.63, 3.8) is 0 Å². The number of aromatic nitrogens is 4. The van der Waals surface area contributed by atoms with Crippen molar-refractivity contribution in [2.45, 2.75) is 18.6 Å². The minimum absolute atomic E-state index is 0.0828. The molecular formula is C22H23N5O2S. The van der Waals surface area contributed by atoms with Crippen LogP contribution in [0, 0.1) is 6.92 Å². The van der Waals surface area contributed by atoms with Crippen LogP contribution < -0.4 is 5.32 Å². The number of H-pyrrole nitrogens is 1. The van der Waals surface area contributed by atoms with E-state index in [1.807, 2.05) is 60.2 Å². The lowest BCUT2D eigenvalue weighted by Gasteiger charge is -2.10. The molecule has 0 aliphatic heterocycles. The molecule has 0 bridgehead atoms. The van der Waals surface area contributed by atoms with Crippen LogP contribution in [0.4, 0.5) is 5.69 Å². The maximum absolute atomic E-state index is 12.4. The summed E-state index contributed by atoms with van der Waals surface area (Å²) in [5, 5.41) is 13.5. The fraction of sp³-hybridized carbons (Fsp3) is 0.227. The van der Waals surface area contributed by atoms with Crippen LogP contribution in [0.3, 0.4) is 0 Å². The van der Waals surface area contributed by atoms with E-state index in [2.05, 4.69) is 26.6 Å². The molecule has 0 fully saturated rings. The van der Waals surface area contributed by atoms with E-state index < -0.39 is 0 Å². The van der Waals surface area contributed by atoms with Crippen molar-refractivity contribution < 1.29 is 9.53 Å². The average molecular weight is 422 g/mol. The largest absolute Gasteiger partial charge is 0.383 e. The summed E-state index contributed by atoms with van der Waals surface area (Å²) in [5.41, 5.74) is 3.91. The Morgan fingerprint density at radius 2 is 2.07 bits per heavy atom. The number of para-hydroxylation sites is 1. The molecule has 0 saturated heterocycles. The van der Waals surface area contributed by atoms with Crippen molar-refractivity contribution in [1.29, 1.82) is 0 Å². The average Bonchev–Trinajstić information content (AvgIpc) is 3.34. The van der Waals surface area contributed by atoms with Gasteiger partial charge in [0.25, 0.3) is 0 Å². The van der Waals surface area contributed by atoms with Gasteiger partial charge in [0.05, 0.1) is 18.9 Å². The molecule has 0 aliphatic rings. The SMILES string of the molecule is COCCn1c(SCC(=O)Nc2cccc(C)c2)nnc1-c1c[nH]c2ccccc12. The van der Waals surface area contributed by atoms with Gasteiger partial charge in [-0.15, -0.1) is 10.2 Å². The highest BCUT2D eigenvalue weighted by molar-refractivity contribution is 7.99. The number of methoxy groups -OCH3 is 1. The van der Waals surface area contributed by atoms with Gasteiger partial charge in [-0.05, 0) is 30.7 Å². The van der Waals surface area contributed by atoms with Crippen LogP contribution in [0.25, 0.3) is 22.3 Å². The Bertz CT molecular complexity index is 1170. The van der Waals surface area contributed by atoms with Crippen LogP contribution in [-0.4, -0.2) is 45.1 Å². The summed E-state index contributed by atoms with van der Waals surface area (Å²) in [4.78, 5) is 15.7. The van der Waals surface area contributed by atoms with Gasteiger partial charge in [-0.25, -0.2) is 0 Å². The number of carbonyl (C=O) groups is 1. The molecule has 1 amide bonds. The Balaban J connectivity index is 1.54. The van der Waals surface area contributed by atoms with Crippen LogP contribution in [-0.2, 0) is 16.1 Å². The standard InChI is InChI=1S/C22H23N5O2S/c1-15-6-5-7-16(12-15)24-20(28)14-30-22-26-25-21(27(22)10-11-29-2)18-13-23-19-9-4-3-8-17(18)19/h3-9,12-13,23H,10-11,14H2,1-2H3,(H,24,28). The number of ether oxygens (including phenoxy) is 1. The van der Waals surface area contributed by atoms with Gasteiger partial charge < -0.3 is 15.0 Å². The molecule has 0 spiro atoms. The fourth-order valence-electron chi connectivity index (χ4n) is 3.29. The predicted octanol–water partition coefficient (Wildman–Crippen LogP) is 4.11. The first kappa shape index (κ1) is 20.2. The van der Waals surface area contributed by atoms with Crippen molar-refractivity contribution in [2.24, 2.45) is 0 Å². The lowest BCUT2D eigenvalue weighted by molar-refractivity contribution is -0.113. The third kappa shape index (κ3) is 4.39. The molecule has 4 rings (SSSR count). The quantitative estimate of drug-likeness (QED) is 0.418. The normalized spacial score (nSPS) is 11.1. The second-order valence-electron chi connectivity index (χ2n) is 6.90. The number of fused-ring (bicyclic) bond motifs is 1. The maximum Gasteiger partial charge on any atom is 0.234 e. The zero-order valence-electron chi connectivity index (χ0n) is 16.9. The lowest BCUT2D eigenvalue weighted by Crippen LogP contribution is -2.15. The van der Waals surface area contributed by atoms with E-state index >= 15 is 0 Å². The molecule has 0 atom stereocenters. The van der Waals surface area contributed by atoms with Gasteiger partial charge in [0.15, 0.2) is 11.0 Å². The first-order chi connectivity index (χ1) is 14.7. The molecule has 2 aromatic carbocycles. The number of thioether (sulfide) groups is 1. The third-order valence-electron chi connectivity index (χ3n) is 4.70. The number of hydrogen-bond acceptors (Lipinski definition) is 5. The summed E-state index contributed by atoms with van der Waals surface area (Å²) in [6, 6.07) is 15.8. The van der Waals surface area contributed by atoms with Crippen LogP contribution in [0.2, 0.25) is 0 Å². The summed E-state index contributed by atoms with van der Waals surface area (Å²) in [6.07, 6.45) is 1.94. The van der Waals surface area contributed by atoms with Crippen molar-refractivity contribution in [3.8, 4) is 11.4 Å². The fourth-order valence-corrected chi connectivity index (χ4v) is 4.05. The Morgan fingerprint density at radius 3 is 2.90 bits per heavy atom. The van der Waals surface area contributed by atoms with Gasteiger partial charge in [0, 0.05) is 35.5 Å². The molecular weight excluding hydrogens is 398 g/mol. The highest BCUT2D eigenvalue weighted by Crippen LogP contribution is 2.30. The van der Waals surface area contributed by atoms with E-state index in [0.29, 0.717) is 18.3 Å². The molecule has 0 radical (unpaired) electrons. The minimum Gasteiger partial charge on any atom is -0.383 e. The number of benzene rings is 2. The Hall–Kier alpha value is -3.10. The first-order valence-electron chi connectivity index (χ1n) is 9.63. The first-order valence-corrected chi connectivity index (χ1v) is 10.6. The van der Waals surface area contributed by atoms with E-state index in [0.717, 1.165) is 33.5 Å². The van der Waals surface area contributed by atoms with E-state index in [-0.39, 0.29) is 11.7 Å². The molecule has 8 heteroatoms. The summed E-state index contributed by atoms with van der Waals surface area (Å²) in [7, 11) is 1.66. The molecule has 0 unspecified atom stereocenters. The van der Waals surface area contributed by atoms with E-state index in [4.69, 9.17) is 4.74 Å². The molecule has 2 heterocycles. The molecule has 4 aromatic rings. The molecule has 154 valence electrons. The minimum atomic E-state index is -0.0828. The number of aromatic amines is 1. The van der Waals surface area contributed by atoms with Crippen molar-refractivity contribution in [3.05, 3.63) is 60.3 Å². The molecule has 0 saturated carbocycles. The summed E-state index contributed by atoms with van der Waals surface area (Å²) >= 11 is 1.36. The molecule has 0 aliphatic carbocycles. The molecule has 30 heavy (non-hydrogen) atoms. The highest BCUT2D eigenvalue weighted by Gasteiger charge is 2.18. The number of anilines is 1. The number of carbonyl (C=O) groups excluding carboxylic acids is 1. The zero-order chi connectivity index (χ0) is 20.9. The topological polar surface area (TPSA) is 84.8 Å². The maximum atomic E-state index is 12.4. The Labute approximate surface area is 178 Å². The number of nitrogens with zero attached hydrogens (tertiary/aromatic N) is 3. The molecule has 7 nitrogen and oxygen atoms in total. The number of nitrogens with one attached hydrogen (secondary N) is 2. The van der Waals surface area contributed by atoms with Crippen LogP contribution in [0.1, 0.15) is 5.56 Å². The summed E-state index contributed by atoms with van der Waals surface area (Å²) in [6.45, 7) is 3.12. The van der Waals surface area contributed by atoms with E-state index in [1.54, 1.807) is 7.11 Å². The van der Waals surface area contributed by atoms with Gasteiger partial charge in [0.2, 0.25) is 5.91 Å². The second-order valence-corrected chi connectivity index (χ2v) is 7.85. The van der Waals surface area contributed by atoms with Crippen LogP contribution in [0.15, 0.2) is 59.9 Å². The Morgan fingerprint density at radius 1 is 1.20 bits per heavy atom. The van der Waals surface area contributed by atoms with Crippen molar-refractivity contribution in [1.82, 2.24) is 19.7 Å². The van der Waals surface area contributed by atoms with Crippen LogP contribution >= 0.6 is 11.8 Å². The van der Waals surface area contributed by atoms with E-state index in [1.165, 1.54) is 11.8 Å². The number of aryl methyl sites for hydroxylation is 1. The second kappa shape index (κ2) is 9.15. The summed E-state index contributed by atoms with van der Waals surface area (Å²) < 4.78 is 7.28. The lowest BCUT2D eigenvalue weighted by atomic mass is 10.1. The van der Waals surface area contributed by atoms with Crippen molar-refractivity contribution >= 4 is 34.3 Å². The molecule has 2 N–H and O–H groups in total. The van der Waals surface area contributed by atoms with Crippen molar-refractivity contribution in [2.75, 3.05) is 24.8 Å². The zero-order valence-corrected chi connectivity index (χ0v) is 17.7. The number of amides is 1. The van der Waals surface area contributed by atoms with Gasteiger partial charge in [-0.2, -0.15) is 0 Å². The van der Waals surface area contributed by atoms with Crippen LogP contribution in [0.5, 0.6) is 0 Å². The number of rotatable bonds is 8. The van der Waals surface area contributed by atoms with Gasteiger partial charge in [-0.3, -0.25) is 9.36 Å². The summed E-state index contributed by atoms with van der Waals surface area (Å²) in [5.74, 6) is 0.916. The molecule has 2 aromatic heterocycles. The smallest absolute Gasteiger partial charge is 0.234 e. The highest BCUT2D eigenvalue weighted by atomic mass is 32.2. The van der Waals surface area contributed by atoms with Gasteiger partial charge in [-0.1, -0.05) is 42.1 Å². The monoisotopic (exact) mass is 421 g/mol. The third-order valence-corrected chi connectivity index (χ3v) is 5.67.